The Labute approximate surface area is 123 Å². The maximum atomic E-state index is 5.20. The lowest BCUT2D eigenvalue weighted by atomic mass is 9.75. The van der Waals surface area contributed by atoms with Crippen LogP contribution in [0.1, 0.15) is 38.2 Å². The Morgan fingerprint density at radius 1 is 1.20 bits per heavy atom. The largest absolute Gasteiger partial charge is 0.497 e. The minimum atomic E-state index is 0.213. The highest BCUT2D eigenvalue weighted by molar-refractivity contribution is 5.30. The summed E-state index contributed by atoms with van der Waals surface area (Å²) in [5.41, 5.74) is 1.65. The van der Waals surface area contributed by atoms with E-state index in [1.807, 2.05) is 0 Å². The average molecular weight is 276 g/mol. The number of rotatable bonds is 6. The number of nitrogens with one attached hydrogen (secondary N) is 1. The van der Waals surface area contributed by atoms with E-state index >= 15 is 0 Å². The van der Waals surface area contributed by atoms with Crippen molar-refractivity contribution in [3.8, 4) is 5.75 Å². The summed E-state index contributed by atoms with van der Waals surface area (Å²) in [5, 5.41) is 3.70. The number of likely N-dealkylation sites (N-methyl/N-ethyl adjacent to an activating group) is 1. The van der Waals surface area contributed by atoms with Crippen LogP contribution in [0.2, 0.25) is 0 Å². The summed E-state index contributed by atoms with van der Waals surface area (Å²) < 4.78 is 5.20. The molecule has 1 aliphatic rings. The Morgan fingerprint density at radius 2 is 1.80 bits per heavy atom. The molecule has 0 amide bonds. The quantitative estimate of drug-likeness (QED) is 0.864. The molecule has 0 aliphatic heterocycles. The highest BCUT2D eigenvalue weighted by Crippen LogP contribution is 2.37. The van der Waals surface area contributed by atoms with Crippen LogP contribution in [0.5, 0.6) is 5.75 Å². The normalized spacial score (nSPS) is 22.7. The van der Waals surface area contributed by atoms with Gasteiger partial charge in [-0.25, -0.2) is 0 Å². The molecule has 0 spiro atoms. The Bertz CT molecular complexity index is 419. The Hall–Kier alpha value is -1.06. The Kier molecular flexibility index (Phi) is 4.71. The van der Waals surface area contributed by atoms with Crippen molar-refractivity contribution >= 4 is 0 Å². The monoisotopic (exact) mass is 276 g/mol. The van der Waals surface area contributed by atoms with E-state index in [4.69, 9.17) is 4.74 Å². The van der Waals surface area contributed by atoms with Crippen LogP contribution >= 0.6 is 0 Å². The predicted molar refractivity (Wildman–Crippen MR) is 84.5 cm³/mol. The second-order valence-corrected chi connectivity index (χ2v) is 6.73. The molecule has 0 radical (unpaired) electrons. The molecule has 3 nitrogen and oxygen atoms in total. The van der Waals surface area contributed by atoms with E-state index in [-0.39, 0.29) is 5.54 Å². The molecule has 0 saturated heterocycles. The van der Waals surface area contributed by atoms with Crippen molar-refractivity contribution in [3.63, 3.8) is 0 Å². The van der Waals surface area contributed by atoms with Gasteiger partial charge in [-0.1, -0.05) is 12.1 Å². The van der Waals surface area contributed by atoms with Crippen LogP contribution in [0, 0.1) is 0 Å². The summed E-state index contributed by atoms with van der Waals surface area (Å²) >= 11 is 0. The third kappa shape index (κ3) is 3.53. The first kappa shape index (κ1) is 15.3. The fourth-order valence-corrected chi connectivity index (χ4v) is 2.48. The lowest BCUT2D eigenvalue weighted by Crippen LogP contribution is -2.51. The minimum Gasteiger partial charge on any atom is -0.497 e. The maximum Gasteiger partial charge on any atom is 0.118 e. The van der Waals surface area contributed by atoms with Gasteiger partial charge < -0.3 is 15.0 Å². The standard InChI is InChI=1S/C17H28N2O/c1-17(2,19(3)4)12-18-15-10-14(11-15)13-6-8-16(20-5)9-7-13/h6-9,14-15,18H,10-12H2,1-5H3. The molecule has 2 rings (SSSR count). The highest BCUT2D eigenvalue weighted by Gasteiger charge is 2.31. The molecule has 0 unspecified atom stereocenters. The highest BCUT2D eigenvalue weighted by atomic mass is 16.5. The molecule has 1 saturated carbocycles. The summed E-state index contributed by atoms with van der Waals surface area (Å²) in [4.78, 5) is 2.28. The smallest absolute Gasteiger partial charge is 0.118 e. The number of ether oxygens (including phenoxy) is 1. The molecule has 1 aromatic rings. The van der Waals surface area contributed by atoms with E-state index in [0.29, 0.717) is 12.0 Å². The maximum absolute atomic E-state index is 5.20. The first-order valence-corrected chi connectivity index (χ1v) is 7.47. The van der Waals surface area contributed by atoms with Crippen molar-refractivity contribution < 1.29 is 4.74 Å². The summed E-state index contributed by atoms with van der Waals surface area (Å²) in [7, 11) is 6.00. The Morgan fingerprint density at radius 3 is 2.30 bits per heavy atom. The van der Waals surface area contributed by atoms with Crippen LogP contribution in [0.4, 0.5) is 0 Å². The van der Waals surface area contributed by atoms with E-state index in [1.165, 1.54) is 18.4 Å². The van der Waals surface area contributed by atoms with Gasteiger partial charge in [0.2, 0.25) is 0 Å². The van der Waals surface area contributed by atoms with Crippen LogP contribution in [0.3, 0.4) is 0 Å². The predicted octanol–water partition coefficient (Wildman–Crippen LogP) is 2.87. The molecular weight excluding hydrogens is 248 g/mol. The zero-order valence-corrected chi connectivity index (χ0v) is 13.4. The molecule has 1 fully saturated rings. The van der Waals surface area contributed by atoms with Crippen molar-refractivity contribution in [1.29, 1.82) is 0 Å². The van der Waals surface area contributed by atoms with Gasteiger partial charge in [-0.3, -0.25) is 0 Å². The zero-order chi connectivity index (χ0) is 14.8. The van der Waals surface area contributed by atoms with Crippen molar-refractivity contribution in [2.75, 3.05) is 27.7 Å². The number of benzene rings is 1. The zero-order valence-electron chi connectivity index (χ0n) is 13.4. The molecule has 0 aromatic heterocycles. The fourth-order valence-electron chi connectivity index (χ4n) is 2.48. The van der Waals surface area contributed by atoms with Gasteiger partial charge >= 0.3 is 0 Å². The number of hydrogen-bond donors (Lipinski definition) is 1. The van der Waals surface area contributed by atoms with Gasteiger partial charge in [-0.15, -0.1) is 0 Å². The third-order valence-corrected chi connectivity index (χ3v) is 4.76. The van der Waals surface area contributed by atoms with E-state index in [9.17, 15) is 0 Å². The average Bonchev–Trinajstić information content (AvgIpc) is 2.37. The molecule has 1 aromatic carbocycles. The van der Waals surface area contributed by atoms with Gasteiger partial charge in [0, 0.05) is 18.1 Å². The van der Waals surface area contributed by atoms with Gasteiger partial charge in [-0.05, 0) is 64.4 Å². The van der Waals surface area contributed by atoms with Crippen LogP contribution in [-0.2, 0) is 0 Å². The van der Waals surface area contributed by atoms with Crippen LogP contribution in [0.15, 0.2) is 24.3 Å². The molecule has 0 bridgehead atoms. The van der Waals surface area contributed by atoms with Crippen molar-refractivity contribution in [3.05, 3.63) is 29.8 Å². The van der Waals surface area contributed by atoms with Crippen LogP contribution < -0.4 is 10.1 Å². The van der Waals surface area contributed by atoms with Crippen molar-refractivity contribution in [2.24, 2.45) is 0 Å². The van der Waals surface area contributed by atoms with Crippen LogP contribution in [0.25, 0.3) is 0 Å². The number of hydrogen-bond acceptors (Lipinski definition) is 3. The van der Waals surface area contributed by atoms with Gasteiger partial charge in [0.25, 0.3) is 0 Å². The number of nitrogens with zero attached hydrogens (tertiary/aromatic N) is 1. The topological polar surface area (TPSA) is 24.5 Å². The molecule has 20 heavy (non-hydrogen) atoms. The van der Waals surface area contributed by atoms with Gasteiger partial charge in [0.1, 0.15) is 5.75 Å². The lowest BCUT2D eigenvalue weighted by Gasteiger charge is -2.40. The van der Waals surface area contributed by atoms with Crippen molar-refractivity contribution in [2.45, 2.75) is 44.2 Å². The Balaban J connectivity index is 1.77. The second-order valence-electron chi connectivity index (χ2n) is 6.73. The molecule has 0 heterocycles. The molecule has 3 heteroatoms. The molecule has 1 N–H and O–H groups in total. The third-order valence-electron chi connectivity index (χ3n) is 4.76. The fraction of sp³-hybridized carbons (Fsp3) is 0.647. The molecular formula is C17H28N2O. The SMILES string of the molecule is COc1ccc(C2CC(NCC(C)(C)N(C)C)C2)cc1. The van der Waals surface area contributed by atoms with E-state index in [2.05, 4.69) is 62.4 Å². The van der Waals surface area contributed by atoms with E-state index < -0.39 is 0 Å². The van der Waals surface area contributed by atoms with E-state index in [1.54, 1.807) is 7.11 Å². The summed E-state index contributed by atoms with van der Waals surface area (Å²) in [5.74, 6) is 1.65. The van der Waals surface area contributed by atoms with Crippen LogP contribution in [-0.4, -0.2) is 44.2 Å². The van der Waals surface area contributed by atoms with Gasteiger partial charge in [0.15, 0.2) is 0 Å². The first-order chi connectivity index (χ1) is 9.42. The summed E-state index contributed by atoms with van der Waals surface area (Å²) in [6.07, 6.45) is 2.49. The van der Waals surface area contributed by atoms with Gasteiger partial charge in [-0.2, -0.15) is 0 Å². The first-order valence-electron chi connectivity index (χ1n) is 7.47. The van der Waals surface area contributed by atoms with Crippen molar-refractivity contribution in [1.82, 2.24) is 10.2 Å². The van der Waals surface area contributed by atoms with E-state index in [0.717, 1.165) is 12.3 Å². The second kappa shape index (κ2) is 6.15. The number of methoxy groups -OCH3 is 1. The molecule has 0 atom stereocenters. The van der Waals surface area contributed by atoms with Gasteiger partial charge in [0.05, 0.1) is 7.11 Å². The minimum absolute atomic E-state index is 0.213. The lowest BCUT2D eigenvalue weighted by molar-refractivity contribution is 0.168. The summed E-state index contributed by atoms with van der Waals surface area (Å²) in [6.45, 7) is 5.60. The summed E-state index contributed by atoms with van der Waals surface area (Å²) in [6, 6.07) is 9.19. The molecule has 1 aliphatic carbocycles. The molecule has 112 valence electrons.